The Balaban J connectivity index is 1.57. The van der Waals surface area contributed by atoms with Crippen molar-refractivity contribution in [3.8, 4) is 0 Å². The second-order valence-corrected chi connectivity index (χ2v) is 9.45. The van der Waals surface area contributed by atoms with Crippen molar-refractivity contribution < 1.29 is 0 Å². The molecule has 0 bridgehead atoms. The van der Waals surface area contributed by atoms with Gasteiger partial charge in [-0.2, -0.15) is 11.8 Å². The Kier molecular flexibility index (Phi) is 4.13. The Morgan fingerprint density at radius 1 is 1.24 bits per heavy atom. The summed E-state index contributed by atoms with van der Waals surface area (Å²) in [7, 11) is 0. The molecule has 0 radical (unpaired) electrons. The number of nitrogens with zero attached hydrogens (tertiary/aromatic N) is 1. The van der Waals surface area contributed by atoms with Gasteiger partial charge in [0.05, 0.1) is 0 Å². The van der Waals surface area contributed by atoms with Crippen LogP contribution >= 0.6 is 11.8 Å². The molecular weight excluding hydrogens is 324 g/mol. The Hall–Kier alpha value is -0.930. The molecule has 2 nitrogen and oxygen atoms in total. The van der Waals surface area contributed by atoms with E-state index < -0.39 is 0 Å². The molecular formula is C22H30N2S. The van der Waals surface area contributed by atoms with E-state index in [1.165, 1.54) is 55.7 Å². The zero-order valence-corrected chi connectivity index (χ0v) is 16.4. The van der Waals surface area contributed by atoms with Crippen LogP contribution in [0, 0.1) is 11.8 Å². The number of aromatic amines is 1. The fourth-order valence-electron chi connectivity index (χ4n) is 5.56. The maximum atomic E-state index is 3.74. The van der Waals surface area contributed by atoms with Crippen molar-refractivity contribution in [2.75, 3.05) is 25.1 Å². The van der Waals surface area contributed by atoms with Crippen molar-refractivity contribution >= 4 is 22.7 Å². The summed E-state index contributed by atoms with van der Waals surface area (Å²) in [6.45, 7) is 4.98. The summed E-state index contributed by atoms with van der Waals surface area (Å²) in [4.78, 5) is 6.64. The number of fused-ring (bicyclic) bond motifs is 2. The second-order valence-electron chi connectivity index (χ2n) is 8.54. The first-order chi connectivity index (χ1) is 12.3. The van der Waals surface area contributed by atoms with Gasteiger partial charge in [-0.1, -0.05) is 19.1 Å². The molecule has 134 valence electrons. The van der Waals surface area contributed by atoms with Crippen molar-refractivity contribution in [3.05, 3.63) is 35.0 Å². The fraction of sp³-hybridized carbons (Fsp3) is 0.636. The lowest BCUT2D eigenvalue weighted by Crippen LogP contribution is -2.51. The molecule has 0 spiro atoms. The topological polar surface area (TPSA) is 19.0 Å². The summed E-state index contributed by atoms with van der Waals surface area (Å²) in [5.74, 6) is 3.90. The van der Waals surface area contributed by atoms with Crippen LogP contribution in [0.25, 0.3) is 10.9 Å². The normalized spacial score (nSPS) is 29.1. The van der Waals surface area contributed by atoms with Crippen molar-refractivity contribution in [3.63, 3.8) is 0 Å². The van der Waals surface area contributed by atoms with Crippen LogP contribution in [0.2, 0.25) is 0 Å². The SMILES string of the molecule is CCc1[nH]c2cccc3c2c1C[C@@H]1C3C[C@@H](CSC)CN1CC1CC1. The van der Waals surface area contributed by atoms with E-state index in [0.29, 0.717) is 0 Å². The van der Waals surface area contributed by atoms with Crippen LogP contribution in [0.3, 0.4) is 0 Å². The highest BCUT2D eigenvalue weighted by atomic mass is 32.2. The number of likely N-dealkylation sites (tertiary alicyclic amines) is 1. The molecule has 25 heavy (non-hydrogen) atoms. The van der Waals surface area contributed by atoms with Gasteiger partial charge in [-0.25, -0.2) is 0 Å². The van der Waals surface area contributed by atoms with Crippen LogP contribution in [0.15, 0.2) is 18.2 Å². The molecule has 3 atom stereocenters. The maximum Gasteiger partial charge on any atom is 0.0461 e. The monoisotopic (exact) mass is 354 g/mol. The Bertz CT molecular complexity index is 776. The minimum atomic E-state index is 0.734. The second kappa shape index (κ2) is 6.35. The average Bonchev–Trinajstić information content (AvgIpc) is 3.36. The van der Waals surface area contributed by atoms with Crippen molar-refractivity contribution in [2.24, 2.45) is 11.8 Å². The van der Waals surface area contributed by atoms with E-state index in [9.17, 15) is 0 Å². The van der Waals surface area contributed by atoms with Crippen LogP contribution in [-0.4, -0.2) is 41.0 Å². The third-order valence-electron chi connectivity index (χ3n) is 6.82. The summed E-state index contributed by atoms with van der Waals surface area (Å²) in [5, 5.41) is 1.58. The van der Waals surface area contributed by atoms with E-state index in [4.69, 9.17) is 0 Å². The highest BCUT2D eigenvalue weighted by molar-refractivity contribution is 7.98. The average molecular weight is 355 g/mol. The van der Waals surface area contributed by atoms with E-state index in [0.717, 1.165) is 30.2 Å². The van der Waals surface area contributed by atoms with Gasteiger partial charge in [0.25, 0.3) is 0 Å². The predicted molar refractivity (Wildman–Crippen MR) is 109 cm³/mol. The Labute approximate surface area is 155 Å². The van der Waals surface area contributed by atoms with Crippen molar-refractivity contribution in [1.82, 2.24) is 9.88 Å². The highest BCUT2D eigenvalue weighted by Gasteiger charge is 2.42. The van der Waals surface area contributed by atoms with Gasteiger partial charge >= 0.3 is 0 Å². The minimum absolute atomic E-state index is 0.734. The zero-order valence-electron chi connectivity index (χ0n) is 15.6. The maximum absolute atomic E-state index is 3.74. The molecule has 3 heteroatoms. The third-order valence-corrected chi connectivity index (χ3v) is 7.62. The van der Waals surface area contributed by atoms with Gasteiger partial charge in [0, 0.05) is 41.6 Å². The van der Waals surface area contributed by atoms with Crippen molar-refractivity contribution in [1.29, 1.82) is 0 Å². The van der Waals surface area contributed by atoms with Crippen LogP contribution in [-0.2, 0) is 12.8 Å². The van der Waals surface area contributed by atoms with Gasteiger partial charge in [0.1, 0.15) is 0 Å². The number of hydrogen-bond donors (Lipinski definition) is 1. The summed E-state index contributed by atoms with van der Waals surface area (Å²) >= 11 is 2.04. The van der Waals surface area contributed by atoms with Crippen molar-refractivity contribution in [2.45, 2.75) is 51.0 Å². The molecule has 5 rings (SSSR count). The number of thioether (sulfide) groups is 1. The highest BCUT2D eigenvalue weighted by Crippen LogP contribution is 2.47. The van der Waals surface area contributed by atoms with Gasteiger partial charge in [0.15, 0.2) is 0 Å². The molecule has 1 aliphatic heterocycles. The standard InChI is InChI=1S/C22H30N2S/c1-3-19-18-10-21-17(16-5-4-6-20(23-19)22(16)18)9-15(13-25-2)12-24(21)11-14-7-8-14/h4-6,14-15,17,21,23H,3,7-13H2,1-2H3/t15-,17?,21-/m1/s1. The van der Waals surface area contributed by atoms with Gasteiger partial charge in [0.2, 0.25) is 0 Å². The minimum Gasteiger partial charge on any atom is -0.358 e. The largest absolute Gasteiger partial charge is 0.358 e. The van der Waals surface area contributed by atoms with Gasteiger partial charge < -0.3 is 4.98 Å². The number of H-pyrrole nitrogens is 1. The third kappa shape index (κ3) is 2.75. The smallest absolute Gasteiger partial charge is 0.0461 e. The number of aryl methyl sites for hydroxylation is 1. The van der Waals surface area contributed by atoms with Gasteiger partial charge in [-0.15, -0.1) is 0 Å². The molecule has 0 amide bonds. The lowest BCUT2D eigenvalue weighted by Gasteiger charge is -2.47. The Morgan fingerprint density at radius 3 is 2.88 bits per heavy atom. The quantitative estimate of drug-likeness (QED) is 0.829. The van der Waals surface area contributed by atoms with E-state index in [1.54, 1.807) is 16.5 Å². The molecule has 1 saturated carbocycles. The number of nitrogens with one attached hydrogen (secondary N) is 1. The molecule has 2 heterocycles. The first-order valence-corrected chi connectivity index (χ1v) is 11.5. The zero-order chi connectivity index (χ0) is 17.0. The fourth-order valence-corrected chi connectivity index (χ4v) is 6.27. The summed E-state index contributed by atoms with van der Waals surface area (Å²) in [6.07, 6.45) is 8.98. The number of piperidine rings is 1. The summed E-state index contributed by atoms with van der Waals surface area (Å²) < 4.78 is 0. The molecule has 1 unspecified atom stereocenters. The van der Waals surface area contributed by atoms with E-state index in [1.807, 2.05) is 11.8 Å². The lowest BCUT2D eigenvalue weighted by atomic mass is 9.72. The molecule has 1 aromatic carbocycles. The number of hydrogen-bond acceptors (Lipinski definition) is 2. The van der Waals surface area contributed by atoms with Gasteiger partial charge in [-0.05, 0) is 73.1 Å². The molecule has 1 saturated heterocycles. The van der Waals surface area contributed by atoms with Crippen LogP contribution in [0.5, 0.6) is 0 Å². The molecule has 2 aliphatic carbocycles. The molecule has 2 fully saturated rings. The van der Waals surface area contributed by atoms with Gasteiger partial charge in [-0.3, -0.25) is 4.90 Å². The van der Waals surface area contributed by atoms with Crippen LogP contribution in [0.4, 0.5) is 0 Å². The molecule has 1 aromatic heterocycles. The molecule has 1 N–H and O–H groups in total. The summed E-state index contributed by atoms with van der Waals surface area (Å²) in [6, 6.07) is 7.74. The first-order valence-electron chi connectivity index (χ1n) is 10.1. The summed E-state index contributed by atoms with van der Waals surface area (Å²) in [5.41, 5.74) is 6.15. The number of aromatic nitrogens is 1. The van der Waals surface area contributed by atoms with Crippen LogP contribution < -0.4 is 0 Å². The van der Waals surface area contributed by atoms with Crippen LogP contribution in [0.1, 0.15) is 48.9 Å². The molecule has 3 aliphatic rings. The van der Waals surface area contributed by atoms with E-state index in [-0.39, 0.29) is 0 Å². The Morgan fingerprint density at radius 2 is 2.12 bits per heavy atom. The number of rotatable bonds is 5. The first kappa shape index (κ1) is 16.3. The lowest BCUT2D eigenvalue weighted by molar-refractivity contribution is 0.0876. The van der Waals surface area contributed by atoms with E-state index in [2.05, 4.69) is 41.3 Å². The predicted octanol–water partition coefficient (Wildman–Crippen LogP) is 4.83. The molecule has 2 aromatic rings. The van der Waals surface area contributed by atoms with E-state index >= 15 is 0 Å². The number of benzene rings is 1.